The van der Waals surface area contributed by atoms with Crippen molar-refractivity contribution in [2.24, 2.45) is 0 Å². The van der Waals surface area contributed by atoms with Crippen molar-refractivity contribution in [1.82, 2.24) is 10.2 Å². The summed E-state index contributed by atoms with van der Waals surface area (Å²) in [7, 11) is 0. The molecule has 23 heavy (non-hydrogen) atoms. The van der Waals surface area contributed by atoms with Crippen molar-refractivity contribution in [1.29, 1.82) is 0 Å². The lowest BCUT2D eigenvalue weighted by Crippen LogP contribution is -2.61. The maximum atomic E-state index is 12.0. The molecule has 1 aromatic rings. The molecule has 1 aliphatic carbocycles. The van der Waals surface area contributed by atoms with Crippen molar-refractivity contribution < 1.29 is 9.53 Å². The Kier molecular flexibility index (Phi) is 4.37. The Morgan fingerprint density at radius 1 is 1.17 bits per heavy atom. The Hall–Kier alpha value is -1.55. The molecule has 0 radical (unpaired) electrons. The molecule has 1 saturated heterocycles. The molecular weight excluding hydrogens is 288 g/mol. The molecule has 4 heteroatoms. The third-order valence-electron chi connectivity index (χ3n) is 4.76. The lowest BCUT2D eigenvalue weighted by molar-refractivity contribution is 0.00387. The van der Waals surface area contributed by atoms with Crippen molar-refractivity contribution in [3.05, 3.63) is 35.4 Å². The smallest absolute Gasteiger partial charge is 0.410 e. The van der Waals surface area contributed by atoms with Crippen LogP contribution in [0.4, 0.5) is 4.79 Å². The molecule has 0 aromatic heterocycles. The molecule has 1 aliphatic heterocycles. The van der Waals surface area contributed by atoms with E-state index in [1.165, 1.54) is 24.0 Å². The van der Waals surface area contributed by atoms with Gasteiger partial charge < -0.3 is 15.0 Å². The van der Waals surface area contributed by atoms with Crippen molar-refractivity contribution in [3.8, 4) is 0 Å². The molecule has 1 heterocycles. The van der Waals surface area contributed by atoms with Gasteiger partial charge in [-0.2, -0.15) is 0 Å². The van der Waals surface area contributed by atoms with E-state index in [9.17, 15) is 4.79 Å². The van der Waals surface area contributed by atoms with E-state index in [0.29, 0.717) is 18.0 Å². The van der Waals surface area contributed by atoms with Crippen LogP contribution >= 0.6 is 0 Å². The summed E-state index contributed by atoms with van der Waals surface area (Å²) in [5.74, 6) is 0.643. The predicted octanol–water partition coefficient (Wildman–Crippen LogP) is 3.83. The number of carbonyl (C=O) groups is 1. The van der Waals surface area contributed by atoms with Crippen LogP contribution in [0.2, 0.25) is 0 Å². The zero-order valence-corrected chi connectivity index (χ0v) is 14.6. The number of likely N-dealkylation sites (tertiary alicyclic amines) is 1. The van der Waals surface area contributed by atoms with Crippen LogP contribution < -0.4 is 5.32 Å². The zero-order valence-electron chi connectivity index (χ0n) is 14.6. The van der Waals surface area contributed by atoms with Crippen LogP contribution in [-0.2, 0) is 4.74 Å². The van der Waals surface area contributed by atoms with Crippen LogP contribution in [0.15, 0.2) is 24.3 Å². The van der Waals surface area contributed by atoms with Crippen LogP contribution in [0.1, 0.15) is 63.6 Å². The predicted molar refractivity (Wildman–Crippen MR) is 91.6 cm³/mol. The average Bonchev–Trinajstić information content (AvgIpc) is 2.42. The van der Waals surface area contributed by atoms with Crippen LogP contribution in [0.5, 0.6) is 0 Å². The zero-order chi connectivity index (χ0) is 16.6. The van der Waals surface area contributed by atoms with Crippen LogP contribution in [-0.4, -0.2) is 35.7 Å². The molecule has 1 fully saturated rings. The quantitative estimate of drug-likeness (QED) is 0.901. The lowest BCUT2D eigenvalue weighted by atomic mass is 9.80. The number of rotatable bonds is 2. The van der Waals surface area contributed by atoms with Gasteiger partial charge in [-0.25, -0.2) is 4.79 Å². The molecule has 3 rings (SSSR count). The summed E-state index contributed by atoms with van der Waals surface area (Å²) in [6.45, 7) is 9.50. The second kappa shape index (κ2) is 6.16. The van der Waals surface area contributed by atoms with E-state index in [0.717, 1.165) is 13.1 Å². The Bertz CT molecular complexity index is 573. The number of ether oxygens (including phenoxy) is 1. The van der Waals surface area contributed by atoms with Crippen molar-refractivity contribution in [2.75, 3.05) is 13.1 Å². The van der Waals surface area contributed by atoms with Crippen LogP contribution in [0.3, 0.4) is 0 Å². The number of hydrogen-bond acceptors (Lipinski definition) is 3. The Balaban J connectivity index is 1.55. The number of carbonyl (C=O) groups excluding carboxylic acids is 1. The third kappa shape index (κ3) is 3.69. The second-order valence-electron chi connectivity index (χ2n) is 7.91. The van der Waals surface area contributed by atoms with E-state index in [-0.39, 0.29) is 6.09 Å². The summed E-state index contributed by atoms with van der Waals surface area (Å²) in [5, 5.41) is 3.73. The number of amides is 1. The second-order valence-corrected chi connectivity index (χ2v) is 7.91. The summed E-state index contributed by atoms with van der Waals surface area (Å²) >= 11 is 0. The van der Waals surface area contributed by atoms with Gasteiger partial charge in [0.25, 0.3) is 0 Å². The highest BCUT2D eigenvalue weighted by Crippen LogP contribution is 2.37. The summed E-state index contributed by atoms with van der Waals surface area (Å²) in [4.78, 5) is 13.8. The van der Waals surface area contributed by atoms with Gasteiger partial charge in [0, 0.05) is 25.2 Å². The largest absolute Gasteiger partial charge is 0.444 e. The molecule has 2 unspecified atom stereocenters. The van der Waals surface area contributed by atoms with Crippen LogP contribution in [0, 0.1) is 0 Å². The van der Waals surface area contributed by atoms with Gasteiger partial charge >= 0.3 is 6.09 Å². The van der Waals surface area contributed by atoms with Gasteiger partial charge in [0.05, 0.1) is 0 Å². The number of nitrogens with zero attached hydrogens (tertiary/aromatic N) is 1. The van der Waals surface area contributed by atoms with Gasteiger partial charge in [0.15, 0.2) is 0 Å². The van der Waals surface area contributed by atoms with Gasteiger partial charge in [-0.15, -0.1) is 0 Å². The fraction of sp³-hybridized carbons (Fsp3) is 0.632. The molecule has 1 aromatic carbocycles. The van der Waals surface area contributed by atoms with Gasteiger partial charge in [0.1, 0.15) is 5.60 Å². The topological polar surface area (TPSA) is 41.6 Å². The molecule has 1 amide bonds. The molecule has 0 bridgehead atoms. The SMILES string of the molecule is CC1CCC(NC2CN(C(=O)OC(C)(C)C)C2)c2ccccc21. The first-order valence-electron chi connectivity index (χ1n) is 8.66. The van der Waals surface area contributed by atoms with Crippen molar-refractivity contribution >= 4 is 6.09 Å². The molecular formula is C19H28N2O2. The molecule has 2 atom stereocenters. The molecule has 0 spiro atoms. The van der Waals surface area contributed by atoms with E-state index in [4.69, 9.17) is 4.74 Å². The third-order valence-corrected chi connectivity index (χ3v) is 4.76. The minimum Gasteiger partial charge on any atom is -0.444 e. The minimum atomic E-state index is -0.423. The lowest BCUT2D eigenvalue weighted by Gasteiger charge is -2.43. The van der Waals surface area contributed by atoms with Gasteiger partial charge in [-0.3, -0.25) is 0 Å². The van der Waals surface area contributed by atoms with Gasteiger partial charge in [-0.1, -0.05) is 31.2 Å². The maximum absolute atomic E-state index is 12.0. The normalized spacial score (nSPS) is 24.8. The molecule has 4 nitrogen and oxygen atoms in total. The van der Waals surface area contributed by atoms with E-state index < -0.39 is 5.60 Å². The van der Waals surface area contributed by atoms with E-state index in [2.05, 4.69) is 36.5 Å². The fourth-order valence-electron chi connectivity index (χ4n) is 3.52. The Morgan fingerprint density at radius 2 is 1.83 bits per heavy atom. The highest BCUT2D eigenvalue weighted by molar-refractivity contribution is 5.69. The Morgan fingerprint density at radius 3 is 2.48 bits per heavy atom. The van der Waals surface area contributed by atoms with Crippen LogP contribution in [0.25, 0.3) is 0 Å². The number of fused-ring (bicyclic) bond motifs is 1. The standard InChI is InChI=1S/C19H28N2O2/c1-13-9-10-17(16-8-6-5-7-15(13)16)20-14-11-21(12-14)18(22)23-19(2,3)4/h5-8,13-14,17,20H,9-12H2,1-4H3. The first kappa shape index (κ1) is 16.3. The Labute approximate surface area is 139 Å². The molecule has 126 valence electrons. The van der Waals surface area contributed by atoms with Gasteiger partial charge in [0.2, 0.25) is 0 Å². The van der Waals surface area contributed by atoms with Gasteiger partial charge in [-0.05, 0) is 50.7 Å². The number of hydrogen-bond donors (Lipinski definition) is 1. The molecule has 1 N–H and O–H groups in total. The first-order valence-corrected chi connectivity index (χ1v) is 8.66. The number of benzene rings is 1. The maximum Gasteiger partial charge on any atom is 0.410 e. The summed E-state index contributed by atoms with van der Waals surface area (Å²) in [6, 6.07) is 9.53. The highest BCUT2D eigenvalue weighted by Gasteiger charge is 2.36. The van der Waals surface area contributed by atoms with E-state index in [1.807, 2.05) is 20.8 Å². The molecule has 2 aliphatic rings. The fourth-order valence-corrected chi connectivity index (χ4v) is 3.52. The number of nitrogens with one attached hydrogen (secondary N) is 1. The minimum absolute atomic E-state index is 0.201. The summed E-state index contributed by atoms with van der Waals surface area (Å²) in [5.41, 5.74) is 2.48. The highest BCUT2D eigenvalue weighted by atomic mass is 16.6. The monoisotopic (exact) mass is 316 g/mol. The summed E-state index contributed by atoms with van der Waals surface area (Å²) in [6.07, 6.45) is 2.19. The van der Waals surface area contributed by atoms with E-state index in [1.54, 1.807) is 4.90 Å². The first-order chi connectivity index (χ1) is 10.8. The molecule has 0 saturated carbocycles. The van der Waals surface area contributed by atoms with E-state index >= 15 is 0 Å². The average molecular weight is 316 g/mol. The van der Waals surface area contributed by atoms with Crippen molar-refractivity contribution in [3.63, 3.8) is 0 Å². The summed E-state index contributed by atoms with van der Waals surface area (Å²) < 4.78 is 5.41. The van der Waals surface area contributed by atoms with Crippen molar-refractivity contribution in [2.45, 2.75) is 64.1 Å².